The van der Waals surface area contributed by atoms with Gasteiger partial charge in [0.15, 0.2) is 0 Å². The Hall–Kier alpha value is -0.610. The minimum atomic E-state index is 0.112. The molecule has 0 aromatic heterocycles. The van der Waals surface area contributed by atoms with Gasteiger partial charge >= 0.3 is 0 Å². The van der Waals surface area contributed by atoms with Gasteiger partial charge in [-0.05, 0) is 18.8 Å². The van der Waals surface area contributed by atoms with Crippen LogP contribution < -0.4 is 10.6 Å². The minimum Gasteiger partial charge on any atom is -0.383 e. The number of carbonyl (C=O) groups excluding carboxylic acids is 1. The first-order valence-corrected chi connectivity index (χ1v) is 6.27. The summed E-state index contributed by atoms with van der Waals surface area (Å²) in [5.41, 5.74) is 0. The molecule has 1 aliphatic carbocycles. The molecular weight excluding hydrogens is 204 g/mol. The van der Waals surface area contributed by atoms with E-state index in [1.54, 1.807) is 7.11 Å². The highest BCUT2D eigenvalue weighted by atomic mass is 16.5. The number of hydrogen-bond acceptors (Lipinski definition) is 3. The standard InChI is InChI=1S/C12H24N2O2/c1-3-10-5-4-6-11(10)14-12(15)9-13-7-8-16-2/h10-11,13H,3-9H2,1-2H3,(H,14,15)/t10-,11+/m1/s1. The lowest BCUT2D eigenvalue weighted by atomic mass is 10.0. The Labute approximate surface area is 98.1 Å². The van der Waals surface area contributed by atoms with Gasteiger partial charge in [0.05, 0.1) is 13.2 Å². The smallest absolute Gasteiger partial charge is 0.234 e. The lowest BCUT2D eigenvalue weighted by molar-refractivity contribution is -0.121. The molecule has 1 rings (SSSR count). The van der Waals surface area contributed by atoms with Crippen LogP contribution in [0.25, 0.3) is 0 Å². The van der Waals surface area contributed by atoms with Crippen LogP contribution in [0.3, 0.4) is 0 Å². The molecule has 0 aromatic rings. The van der Waals surface area contributed by atoms with Gasteiger partial charge in [0.25, 0.3) is 0 Å². The average Bonchev–Trinajstić information content (AvgIpc) is 2.71. The van der Waals surface area contributed by atoms with Crippen LogP contribution in [-0.2, 0) is 9.53 Å². The number of nitrogens with one attached hydrogen (secondary N) is 2. The maximum Gasteiger partial charge on any atom is 0.234 e. The van der Waals surface area contributed by atoms with Gasteiger partial charge in [0, 0.05) is 19.7 Å². The number of methoxy groups -OCH3 is 1. The van der Waals surface area contributed by atoms with E-state index in [-0.39, 0.29) is 5.91 Å². The molecule has 0 bridgehead atoms. The molecule has 1 aliphatic rings. The highest BCUT2D eigenvalue weighted by Gasteiger charge is 2.26. The predicted molar refractivity (Wildman–Crippen MR) is 64.3 cm³/mol. The molecule has 0 heterocycles. The van der Waals surface area contributed by atoms with Gasteiger partial charge in [-0.3, -0.25) is 4.79 Å². The highest BCUT2D eigenvalue weighted by molar-refractivity contribution is 5.78. The Balaban J connectivity index is 2.13. The van der Waals surface area contributed by atoms with Gasteiger partial charge in [0.2, 0.25) is 5.91 Å². The lowest BCUT2D eigenvalue weighted by Gasteiger charge is -2.19. The van der Waals surface area contributed by atoms with Gasteiger partial charge in [0.1, 0.15) is 0 Å². The molecule has 94 valence electrons. The third-order valence-corrected chi connectivity index (χ3v) is 3.30. The Morgan fingerprint density at radius 3 is 2.94 bits per heavy atom. The summed E-state index contributed by atoms with van der Waals surface area (Å²) in [6.45, 7) is 3.97. The largest absolute Gasteiger partial charge is 0.383 e. The highest BCUT2D eigenvalue weighted by Crippen LogP contribution is 2.27. The van der Waals surface area contributed by atoms with E-state index in [2.05, 4.69) is 17.6 Å². The Morgan fingerprint density at radius 2 is 2.25 bits per heavy atom. The molecular formula is C12H24N2O2. The summed E-state index contributed by atoms with van der Waals surface area (Å²) >= 11 is 0. The van der Waals surface area contributed by atoms with Crippen molar-refractivity contribution in [1.29, 1.82) is 0 Å². The molecule has 0 aromatic carbocycles. The van der Waals surface area contributed by atoms with Crippen LogP contribution in [0.2, 0.25) is 0 Å². The summed E-state index contributed by atoms with van der Waals surface area (Å²) in [7, 11) is 1.66. The van der Waals surface area contributed by atoms with Crippen molar-refractivity contribution in [2.45, 2.75) is 38.6 Å². The lowest BCUT2D eigenvalue weighted by Crippen LogP contribution is -2.42. The van der Waals surface area contributed by atoms with E-state index in [4.69, 9.17) is 4.74 Å². The molecule has 0 unspecified atom stereocenters. The fourth-order valence-electron chi connectivity index (χ4n) is 2.35. The Bertz CT molecular complexity index is 209. The monoisotopic (exact) mass is 228 g/mol. The Kier molecular flexibility index (Phi) is 6.42. The molecule has 0 saturated heterocycles. The van der Waals surface area contributed by atoms with E-state index in [1.165, 1.54) is 19.3 Å². The van der Waals surface area contributed by atoms with Crippen molar-refractivity contribution in [3.63, 3.8) is 0 Å². The summed E-state index contributed by atoms with van der Waals surface area (Å²) in [6.07, 6.45) is 4.82. The van der Waals surface area contributed by atoms with Crippen molar-refractivity contribution in [3.8, 4) is 0 Å². The third-order valence-electron chi connectivity index (χ3n) is 3.30. The quantitative estimate of drug-likeness (QED) is 0.637. The summed E-state index contributed by atoms with van der Waals surface area (Å²) in [5.74, 6) is 0.796. The number of hydrogen-bond donors (Lipinski definition) is 2. The molecule has 16 heavy (non-hydrogen) atoms. The van der Waals surface area contributed by atoms with Crippen LogP contribution in [-0.4, -0.2) is 38.8 Å². The molecule has 4 nitrogen and oxygen atoms in total. The summed E-state index contributed by atoms with van der Waals surface area (Å²) in [4.78, 5) is 11.6. The molecule has 1 fully saturated rings. The van der Waals surface area contributed by atoms with Crippen LogP contribution >= 0.6 is 0 Å². The van der Waals surface area contributed by atoms with E-state index in [0.29, 0.717) is 25.1 Å². The van der Waals surface area contributed by atoms with Gasteiger partial charge in [-0.1, -0.05) is 19.8 Å². The van der Waals surface area contributed by atoms with E-state index in [9.17, 15) is 4.79 Å². The molecule has 0 aliphatic heterocycles. The second kappa shape index (κ2) is 7.63. The minimum absolute atomic E-state index is 0.112. The van der Waals surface area contributed by atoms with E-state index in [1.807, 2.05) is 0 Å². The molecule has 1 amide bonds. The van der Waals surface area contributed by atoms with E-state index < -0.39 is 0 Å². The molecule has 0 spiro atoms. The van der Waals surface area contributed by atoms with Crippen LogP contribution in [0.1, 0.15) is 32.6 Å². The first-order chi connectivity index (χ1) is 7.77. The van der Waals surface area contributed by atoms with Crippen LogP contribution in [0, 0.1) is 5.92 Å². The number of ether oxygens (including phenoxy) is 1. The normalized spacial score (nSPS) is 24.6. The zero-order valence-corrected chi connectivity index (χ0v) is 10.4. The molecule has 1 saturated carbocycles. The van der Waals surface area contributed by atoms with Crippen molar-refractivity contribution in [2.24, 2.45) is 5.92 Å². The average molecular weight is 228 g/mol. The van der Waals surface area contributed by atoms with Crippen LogP contribution in [0.4, 0.5) is 0 Å². The maximum absolute atomic E-state index is 11.6. The summed E-state index contributed by atoms with van der Waals surface area (Å²) in [5, 5.41) is 6.17. The second-order valence-electron chi connectivity index (χ2n) is 4.44. The first-order valence-electron chi connectivity index (χ1n) is 6.27. The van der Waals surface area contributed by atoms with Crippen LogP contribution in [0.5, 0.6) is 0 Å². The molecule has 0 radical (unpaired) electrons. The summed E-state index contributed by atoms with van der Waals surface area (Å²) < 4.78 is 4.90. The number of carbonyl (C=O) groups is 1. The number of rotatable bonds is 7. The predicted octanol–water partition coefficient (Wildman–Crippen LogP) is 0.917. The summed E-state index contributed by atoms with van der Waals surface area (Å²) in [6, 6.07) is 0.404. The van der Waals surface area contributed by atoms with Crippen molar-refractivity contribution in [2.75, 3.05) is 26.8 Å². The van der Waals surface area contributed by atoms with Gasteiger partial charge in [-0.15, -0.1) is 0 Å². The topological polar surface area (TPSA) is 50.4 Å². The molecule has 2 atom stereocenters. The first kappa shape index (κ1) is 13.5. The van der Waals surface area contributed by atoms with Crippen molar-refractivity contribution in [3.05, 3.63) is 0 Å². The van der Waals surface area contributed by atoms with E-state index >= 15 is 0 Å². The van der Waals surface area contributed by atoms with Crippen LogP contribution in [0.15, 0.2) is 0 Å². The number of amides is 1. The van der Waals surface area contributed by atoms with Gasteiger partial charge in [-0.25, -0.2) is 0 Å². The maximum atomic E-state index is 11.6. The molecule has 4 heteroatoms. The van der Waals surface area contributed by atoms with Gasteiger partial charge < -0.3 is 15.4 Å². The van der Waals surface area contributed by atoms with Crippen molar-refractivity contribution in [1.82, 2.24) is 10.6 Å². The van der Waals surface area contributed by atoms with Crippen molar-refractivity contribution >= 4 is 5.91 Å². The zero-order chi connectivity index (χ0) is 11.8. The molecule has 2 N–H and O–H groups in total. The Morgan fingerprint density at radius 1 is 1.44 bits per heavy atom. The second-order valence-corrected chi connectivity index (χ2v) is 4.44. The van der Waals surface area contributed by atoms with Gasteiger partial charge in [-0.2, -0.15) is 0 Å². The third kappa shape index (κ3) is 4.49. The fraction of sp³-hybridized carbons (Fsp3) is 0.917. The zero-order valence-electron chi connectivity index (χ0n) is 10.4. The fourth-order valence-corrected chi connectivity index (χ4v) is 2.35. The van der Waals surface area contributed by atoms with E-state index in [0.717, 1.165) is 13.0 Å². The van der Waals surface area contributed by atoms with Crippen molar-refractivity contribution < 1.29 is 9.53 Å². The SMILES string of the molecule is CC[C@@H]1CCC[C@@H]1NC(=O)CNCCOC.